The van der Waals surface area contributed by atoms with Crippen molar-refractivity contribution in [2.45, 2.75) is 13.8 Å². The first-order valence-corrected chi connectivity index (χ1v) is 5.95. The number of hydrogen-bond acceptors (Lipinski definition) is 2. The maximum atomic E-state index is 11.3. The van der Waals surface area contributed by atoms with Gasteiger partial charge in [-0.25, -0.2) is 8.42 Å². The van der Waals surface area contributed by atoms with Crippen molar-refractivity contribution in [2.75, 3.05) is 11.5 Å². The Labute approximate surface area is 74.3 Å². The third-order valence-corrected chi connectivity index (χ3v) is 4.60. The van der Waals surface area contributed by atoms with Crippen LogP contribution in [0.1, 0.15) is 13.8 Å². The van der Waals surface area contributed by atoms with Crippen LogP contribution in [0.4, 0.5) is 0 Å². The van der Waals surface area contributed by atoms with Crippen molar-refractivity contribution >= 4 is 9.84 Å². The first-order chi connectivity index (χ1) is 5.46. The zero-order valence-electron chi connectivity index (χ0n) is 7.45. The van der Waals surface area contributed by atoms with Crippen LogP contribution in [0, 0.1) is 30.1 Å². The van der Waals surface area contributed by atoms with Gasteiger partial charge in [0.1, 0.15) is 0 Å². The van der Waals surface area contributed by atoms with E-state index in [-0.39, 0.29) is 17.6 Å². The molecular weight excluding hydrogens is 172 g/mol. The minimum atomic E-state index is -2.87. The lowest BCUT2D eigenvalue weighted by molar-refractivity contribution is 0.334. The fourth-order valence-electron chi connectivity index (χ4n) is 1.64. The molecule has 0 radical (unpaired) electrons. The fourth-order valence-corrected chi connectivity index (χ4v) is 3.83. The Morgan fingerprint density at radius 3 is 2.42 bits per heavy atom. The van der Waals surface area contributed by atoms with Crippen molar-refractivity contribution in [1.29, 1.82) is 0 Å². The van der Waals surface area contributed by atoms with Crippen LogP contribution in [0.3, 0.4) is 0 Å². The highest BCUT2D eigenvalue weighted by Crippen LogP contribution is 2.28. The molecule has 0 amide bonds. The minimum Gasteiger partial charge on any atom is -0.229 e. The van der Waals surface area contributed by atoms with E-state index in [9.17, 15) is 8.42 Å². The molecule has 0 bridgehead atoms. The van der Waals surface area contributed by atoms with Gasteiger partial charge in [0.25, 0.3) is 0 Å². The molecule has 0 aromatic rings. The highest BCUT2D eigenvalue weighted by molar-refractivity contribution is 7.91. The SMILES string of the molecule is C#CC1CS(=O)(=O)CC(C)C1C. The van der Waals surface area contributed by atoms with Gasteiger partial charge in [0.15, 0.2) is 9.84 Å². The van der Waals surface area contributed by atoms with Crippen molar-refractivity contribution in [3.63, 3.8) is 0 Å². The highest BCUT2D eigenvalue weighted by atomic mass is 32.2. The second kappa shape index (κ2) is 3.10. The van der Waals surface area contributed by atoms with Gasteiger partial charge >= 0.3 is 0 Å². The predicted molar refractivity (Wildman–Crippen MR) is 49.3 cm³/mol. The lowest BCUT2D eigenvalue weighted by Crippen LogP contribution is -2.36. The van der Waals surface area contributed by atoms with Gasteiger partial charge in [-0.2, -0.15) is 0 Å². The Kier molecular flexibility index (Phi) is 2.48. The second-order valence-electron chi connectivity index (χ2n) is 3.69. The van der Waals surface area contributed by atoms with Crippen LogP contribution in [0.15, 0.2) is 0 Å². The Hall–Kier alpha value is -0.490. The Balaban J connectivity index is 2.88. The molecule has 0 aromatic heterocycles. The number of sulfone groups is 1. The van der Waals surface area contributed by atoms with Crippen LogP contribution in [0.5, 0.6) is 0 Å². The molecular formula is C9H14O2S. The van der Waals surface area contributed by atoms with E-state index in [0.29, 0.717) is 11.7 Å². The molecule has 0 N–H and O–H groups in total. The normalized spacial score (nSPS) is 40.2. The van der Waals surface area contributed by atoms with Crippen LogP contribution in [-0.4, -0.2) is 19.9 Å². The summed E-state index contributed by atoms with van der Waals surface area (Å²) in [6.45, 7) is 3.98. The standard InChI is InChI=1S/C9H14O2S/c1-4-9-6-12(10,11)5-7(2)8(9)3/h1,7-9H,5-6H2,2-3H3. The molecule has 0 spiro atoms. The third kappa shape index (κ3) is 1.81. The summed E-state index contributed by atoms with van der Waals surface area (Å²) in [4.78, 5) is 0. The van der Waals surface area contributed by atoms with E-state index in [1.165, 1.54) is 0 Å². The number of rotatable bonds is 0. The first-order valence-electron chi connectivity index (χ1n) is 4.13. The van der Waals surface area contributed by atoms with Crippen LogP contribution in [-0.2, 0) is 9.84 Å². The van der Waals surface area contributed by atoms with E-state index in [0.717, 1.165) is 0 Å². The van der Waals surface area contributed by atoms with E-state index in [1.807, 2.05) is 13.8 Å². The van der Waals surface area contributed by atoms with Crippen molar-refractivity contribution in [3.8, 4) is 12.3 Å². The summed E-state index contributed by atoms with van der Waals surface area (Å²) in [5, 5.41) is 0. The van der Waals surface area contributed by atoms with E-state index >= 15 is 0 Å². The molecule has 1 saturated heterocycles. The summed E-state index contributed by atoms with van der Waals surface area (Å²) in [5.41, 5.74) is 0. The summed E-state index contributed by atoms with van der Waals surface area (Å²) in [7, 11) is -2.87. The smallest absolute Gasteiger partial charge is 0.151 e. The molecule has 1 heterocycles. The summed E-state index contributed by atoms with van der Waals surface area (Å²) >= 11 is 0. The molecule has 1 aliphatic rings. The molecule has 0 saturated carbocycles. The molecule has 2 nitrogen and oxygen atoms in total. The number of hydrogen-bond donors (Lipinski definition) is 0. The molecule has 12 heavy (non-hydrogen) atoms. The Morgan fingerprint density at radius 2 is 1.92 bits per heavy atom. The van der Waals surface area contributed by atoms with E-state index in [2.05, 4.69) is 5.92 Å². The maximum absolute atomic E-state index is 11.3. The molecule has 0 aliphatic carbocycles. The third-order valence-electron chi connectivity index (χ3n) is 2.70. The Bertz CT molecular complexity index is 297. The van der Waals surface area contributed by atoms with Gasteiger partial charge in [-0.15, -0.1) is 12.3 Å². The molecule has 68 valence electrons. The zero-order valence-corrected chi connectivity index (χ0v) is 8.26. The maximum Gasteiger partial charge on any atom is 0.151 e. The summed E-state index contributed by atoms with van der Waals surface area (Å²) < 4.78 is 22.6. The first kappa shape index (κ1) is 9.60. The second-order valence-corrected chi connectivity index (χ2v) is 5.84. The molecule has 3 heteroatoms. The zero-order chi connectivity index (χ0) is 9.35. The van der Waals surface area contributed by atoms with E-state index < -0.39 is 9.84 Å². The van der Waals surface area contributed by atoms with Crippen LogP contribution >= 0.6 is 0 Å². The van der Waals surface area contributed by atoms with Crippen molar-refractivity contribution in [3.05, 3.63) is 0 Å². The van der Waals surface area contributed by atoms with Gasteiger partial charge in [-0.05, 0) is 11.8 Å². The highest BCUT2D eigenvalue weighted by Gasteiger charge is 2.34. The van der Waals surface area contributed by atoms with E-state index in [4.69, 9.17) is 6.42 Å². The molecule has 1 fully saturated rings. The Morgan fingerprint density at radius 1 is 1.33 bits per heavy atom. The van der Waals surface area contributed by atoms with Gasteiger partial charge < -0.3 is 0 Å². The average molecular weight is 186 g/mol. The van der Waals surface area contributed by atoms with Crippen LogP contribution in [0.2, 0.25) is 0 Å². The van der Waals surface area contributed by atoms with Gasteiger partial charge in [0, 0.05) is 5.92 Å². The summed E-state index contributed by atoms with van der Waals surface area (Å²) in [5.74, 6) is 3.48. The predicted octanol–water partition coefficient (Wildman–Crippen LogP) is 0.936. The molecule has 1 aliphatic heterocycles. The van der Waals surface area contributed by atoms with Gasteiger partial charge in [0.05, 0.1) is 11.5 Å². The average Bonchev–Trinajstić information content (AvgIpc) is 1.96. The summed E-state index contributed by atoms with van der Waals surface area (Å²) in [6, 6.07) is 0. The van der Waals surface area contributed by atoms with Gasteiger partial charge in [0.2, 0.25) is 0 Å². The molecule has 1 rings (SSSR count). The van der Waals surface area contributed by atoms with Gasteiger partial charge in [-0.1, -0.05) is 13.8 Å². The monoisotopic (exact) mass is 186 g/mol. The minimum absolute atomic E-state index is 0.0845. The van der Waals surface area contributed by atoms with Crippen LogP contribution < -0.4 is 0 Å². The van der Waals surface area contributed by atoms with Crippen molar-refractivity contribution in [1.82, 2.24) is 0 Å². The van der Waals surface area contributed by atoms with Crippen LogP contribution in [0.25, 0.3) is 0 Å². The molecule has 3 atom stereocenters. The largest absolute Gasteiger partial charge is 0.229 e. The summed E-state index contributed by atoms with van der Waals surface area (Å²) in [6.07, 6.45) is 5.26. The lowest BCUT2D eigenvalue weighted by Gasteiger charge is -2.30. The van der Waals surface area contributed by atoms with Crippen molar-refractivity contribution < 1.29 is 8.42 Å². The fraction of sp³-hybridized carbons (Fsp3) is 0.778. The topological polar surface area (TPSA) is 34.1 Å². The van der Waals surface area contributed by atoms with Crippen molar-refractivity contribution in [2.24, 2.45) is 17.8 Å². The quantitative estimate of drug-likeness (QED) is 0.528. The van der Waals surface area contributed by atoms with Gasteiger partial charge in [-0.3, -0.25) is 0 Å². The van der Waals surface area contributed by atoms with E-state index in [1.54, 1.807) is 0 Å². The lowest BCUT2D eigenvalue weighted by atomic mass is 9.86. The molecule has 3 unspecified atom stereocenters. The number of terminal acetylenes is 1. The molecule has 0 aromatic carbocycles.